The number of benzene rings is 2. The van der Waals surface area contributed by atoms with E-state index in [0.29, 0.717) is 12.3 Å². The second kappa shape index (κ2) is 11.0. The molecule has 3 aromatic rings. The Balaban J connectivity index is 1.47. The normalized spacial score (nSPS) is 14.4. The van der Waals surface area contributed by atoms with Crippen LogP contribution in [0.5, 0.6) is 0 Å². The van der Waals surface area contributed by atoms with E-state index in [4.69, 9.17) is 0 Å². The van der Waals surface area contributed by atoms with Crippen LogP contribution >= 0.6 is 11.8 Å². The molecular weight excluding hydrogens is 430 g/mol. The number of piperidine rings is 1. The van der Waals surface area contributed by atoms with Gasteiger partial charge in [-0.1, -0.05) is 66.2 Å². The summed E-state index contributed by atoms with van der Waals surface area (Å²) in [5.74, 6) is 1.24. The van der Waals surface area contributed by atoms with E-state index in [1.807, 2.05) is 19.9 Å². The van der Waals surface area contributed by atoms with Gasteiger partial charge in [0, 0.05) is 5.69 Å². The molecule has 1 aromatic heterocycles. The lowest BCUT2D eigenvalue weighted by Gasteiger charge is -2.26. The molecule has 1 aliphatic rings. The number of hydrogen-bond donors (Lipinski definition) is 1. The van der Waals surface area contributed by atoms with Gasteiger partial charge in [0.1, 0.15) is 5.82 Å². The van der Waals surface area contributed by atoms with Gasteiger partial charge < -0.3 is 9.88 Å². The van der Waals surface area contributed by atoms with Gasteiger partial charge in [0.25, 0.3) is 0 Å². The first-order chi connectivity index (χ1) is 16.0. The zero-order chi connectivity index (χ0) is 23.2. The van der Waals surface area contributed by atoms with Gasteiger partial charge in [0.05, 0.1) is 18.8 Å². The summed E-state index contributed by atoms with van der Waals surface area (Å²) >= 11 is 1.45. The molecule has 7 heteroatoms. The van der Waals surface area contributed by atoms with Crippen molar-refractivity contribution in [1.29, 1.82) is 0 Å². The minimum absolute atomic E-state index is 0.0260. The van der Waals surface area contributed by atoms with Crippen LogP contribution in [0.25, 0.3) is 0 Å². The molecule has 6 nitrogen and oxygen atoms in total. The van der Waals surface area contributed by atoms with E-state index >= 15 is 0 Å². The van der Waals surface area contributed by atoms with Crippen molar-refractivity contribution in [2.24, 2.45) is 0 Å². The SMILES string of the molecule is Cc1cc(C)c(NC(=O)CSc2nnc(CN3CCCCC3)n2Cc2ccccc2)c(C)c1. The number of carbonyl (C=O) groups excluding carboxylic acids is 1. The van der Waals surface area contributed by atoms with E-state index < -0.39 is 0 Å². The van der Waals surface area contributed by atoms with Crippen molar-refractivity contribution in [3.63, 3.8) is 0 Å². The summed E-state index contributed by atoms with van der Waals surface area (Å²) in [6.45, 7) is 9.86. The predicted molar refractivity (Wildman–Crippen MR) is 135 cm³/mol. The Labute approximate surface area is 200 Å². The number of anilines is 1. The number of carbonyl (C=O) groups is 1. The molecule has 0 atom stereocenters. The first-order valence-corrected chi connectivity index (χ1v) is 12.7. The van der Waals surface area contributed by atoms with E-state index in [2.05, 4.69) is 68.3 Å². The van der Waals surface area contributed by atoms with Crippen molar-refractivity contribution in [2.45, 2.75) is 58.3 Å². The van der Waals surface area contributed by atoms with Crippen molar-refractivity contribution in [3.8, 4) is 0 Å². The Kier molecular flexibility index (Phi) is 7.83. The Morgan fingerprint density at radius 2 is 1.67 bits per heavy atom. The molecule has 1 saturated heterocycles. The lowest BCUT2D eigenvalue weighted by atomic mass is 10.1. The maximum Gasteiger partial charge on any atom is 0.234 e. The van der Waals surface area contributed by atoms with Crippen molar-refractivity contribution >= 4 is 23.4 Å². The largest absolute Gasteiger partial charge is 0.325 e. The van der Waals surface area contributed by atoms with Gasteiger partial charge in [0.15, 0.2) is 5.16 Å². The second-order valence-corrected chi connectivity index (χ2v) is 9.86. The maximum atomic E-state index is 12.8. The smallest absolute Gasteiger partial charge is 0.234 e. The zero-order valence-electron chi connectivity index (χ0n) is 19.8. The average molecular weight is 464 g/mol. The predicted octanol–water partition coefficient (Wildman–Crippen LogP) is 4.97. The van der Waals surface area contributed by atoms with Crippen LogP contribution in [0.1, 0.15) is 47.3 Å². The van der Waals surface area contributed by atoms with Crippen LogP contribution < -0.4 is 5.32 Å². The summed E-state index contributed by atoms with van der Waals surface area (Å²) in [7, 11) is 0. The van der Waals surface area contributed by atoms with E-state index in [1.165, 1.54) is 42.2 Å². The molecule has 4 rings (SSSR count). The third kappa shape index (κ3) is 6.24. The van der Waals surface area contributed by atoms with Gasteiger partial charge in [0.2, 0.25) is 5.91 Å². The topological polar surface area (TPSA) is 63.1 Å². The minimum Gasteiger partial charge on any atom is -0.325 e. The summed E-state index contributed by atoms with van der Waals surface area (Å²) in [4.78, 5) is 15.2. The number of nitrogens with zero attached hydrogens (tertiary/aromatic N) is 4. The summed E-state index contributed by atoms with van der Waals surface area (Å²) in [5.41, 5.74) is 5.48. The number of amides is 1. The van der Waals surface area contributed by atoms with E-state index in [-0.39, 0.29) is 5.91 Å². The first-order valence-electron chi connectivity index (χ1n) is 11.7. The fraction of sp³-hybridized carbons (Fsp3) is 0.423. The number of hydrogen-bond acceptors (Lipinski definition) is 5. The van der Waals surface area contributed by atoms with Gasteiger partial charge in [-0.2, -0.15) is 0 Å². The number of thioether (sulfide) groups is 1. The number of rotatable bonds is 8. The molecule has 1 fully saturated rings. The van der Waals surface area contributed by atoms with Crippen molar-refractivity contribution in [2.75, 3.05) is 24.2 Å². The lowest BCUT2D eigenvalue weighted by Crippen LogP contribution is -2.30. The highest BCUT2D eigenvalue weighted by atomic mass is 32.2. The fourth-order valence-corrected chi connectivity index (χ4v) is 5.22. The molecule has 2 aromatic carbocycles. The standard InChI is InChI=1S/C26H33N5OS/c1-19-14-20(2)25(21(3)15-19)27-24(32)18-33-26-29-28-23(17-30-12-8-5-9-13-30)31(26)16-22-10-6-4-7-11-22/h4,6-7,10-11,14-15H,5,8-9,12-13,16-18H2,1-3H3,(H,27,32). The quantitative estimate of drug-likeness (QED) is 0.478. The Morgan fingerprint density at radius 1 is 0.970 bits per heavy atom. The second-order valence-electron chi connectivity index (χ2n) is 8.92. The summed E-state index contributed by atoms with van der Waals surface area (Å²) in [6, 6.07) is 14.6. The Morgan fingerprint density at radius 3 is 2.36 bits per heavy atom. The highest BCUT2D eigenvalue weighted by Gasteiger charge is 2.19. The average Bonchev–Trinajstić information content (AvgIpc) is 3.17. The third-order valence-electron chi connectivity index (χ3n) is 6.06. The van der Waals surface area contributed by atoms with Crippen LogP contribution in [-0.2, 0) is 17.9 Å². The highest BCUT2D eigenvalue weighted by molar-refractivity contribution is 7.99. The highest BCUT2D eigenvalue weighted by Crippen LogP contribution is 2.24. The van der Waals surface area contributed by atoms with Gasteiger partial charge in [-0.25, -0.2) is 0 Å². The zero-order valence-corrected chi connectivity index (χ0v) is 20.6. The van der Waals surface area contributed by atoms with Crippen LogP contribution in [-0.4, -0.2) is 44.4 Å². The van der Waals surface area contributed by atoms with Crippen LogP contribution in [0, 0.1) is 20.8 Å². The van der Waals surface area contributed by atoms with Gasteiger partial charge in [-0.3, -0.25) is 9.69 Å². The molecule has 0 bridgehead atoms. The van der Waals surface area contributed by atoms with Crippen molar-refractivity contribution in [3.05, 3.63) is 70.5 Å². The number of aromatic nitrogens is 3. The molecule has 1 N–H and O–H groups in total. The molecule has 0 aliphatic carbocycles. The van der Waals surface area contributed by atoms with E-state index in [1.54, 1.807) is 0 Å². The molecule has 1 aliphatic heterocycles. The molecule has 2 heterocycles. The number of likely N-dealkylation sites (tertiary alicyclic amines) is 1. The summed E-state index contributed by atoms with van der Waals surface area (Å²) in [6.07, 6.45) is 3.79. The molecule has 0 spiro atoms. The minimum atomic E-state index is -0.0260. The van der Waals surface area contributed by atoms with Gasteiger partial charge in [-0.05, 0) is 63.4 Å². The molecule has 0 saturated carbocycles. The monoisotopic (exact) mass is 463 g/mol. The molecular formula is C26H33N5OS. The van der Waals surface area contributed by atoms with E-state index in [0.717, 1.165) is 47.4 Å². The summed E-state index contributed by atoms with van der Waals surface area (Å²) in [5, 5.41) is 12.9. The number of aryl methyl sites for hydroxylation is 3. The van der Waals surface area contributed by atoms with Crippen LogP contribution in [0.15, 0.2) is 47.6 Å². The summed E-state index contributed by atoms with van der Waals surface area (Å²) < 4.78 is 2.17. The Bertz CT molecular complexity index is 1070. The van der Waals surface area contributed by atoms with Crippen LogP contribution in [0.2, 0.25) is 0 Å². The lowest BCUT2D eigenvalue weighted by molar-refractivity contribution is -0.113. The molecule has 0 radical (unpaired) electrons. The molecule has 1 amide bonds. The third-order valence-corrected chi connectivity index (χ3v) is 7.03. The number of nitrogens with one attached hydrogen (secondary N) is 1. The van der Waals surface area contributed by atoms with Crippen molar-refractivity contribution in [1.82, 2.24) is 19.7 Å². The van der Waals surface area contributed by atoms with Crippen molar-refractivity contribution < 1.29 is 4.79 Å². The fourth-order valence-electron chi connectivity index (χ4n) is 4.47. The van der Waals surface area contributed by atoms with Crippen LogP contribution in [0.3, 0.4) is 0 Å². The molecule has 0 unspecified atom stereocenters. The van der Waals surface area contributed by atoms with Crippen LogP contribution in [0.4, 0.5) is 5.69 Å². The molecule has 174 valence electrons. The Hall–Kier alpha value is -2.64. The molecule has 33 heavy (non-hydrogen) atoms. The van der Waals surface area contributed by atoms with E-state index in [9.17, 15) is 4.79 Å². The van der Waals surface area contributed by atoms with Gasteiger partial charge in [-0.15, -0.1) is 10.2 Å². The maximum absolute atomic E-state index is 12.8. The first kappa shape index (κ1) is 23.5. The van der Waals surface area contributed by atoms with Gasteiger partial charge >= 0.3 is 0 Å².